The SMILES string of the molecule is COC[C@@H]1CC[C@H](n2cnc3c(=O)[nH]ccc32)O1. The van der Waals surface area contributed by atoms with Crippen LogP contribution < -0.4 is 5.56 Å². The summed E-state index contributed by atoms with van der Waals surface area (Å²) in [6, 6.07) is 1.84. The van der Waals surface area contributed by atoms with Crippen molar-refractivity contribution >= 4 is 11.0 Å². The topological polar surface area (TPSA) is 69.1 Å². The lowest BCUT2D eigenvalue weighted by molar-refractivity contribution is -0.0298. The van der Waals surface area contributed by atoms with Gasteiger partial charge < -0.3 is 19.0 Å². The summed E-state index contributed by atoms with van der Waals surface area (Å²) in [7, 11) is 1.67. The zero-order chi connectivity index (χ0) is 12.5. The Morgan fingerprint density at radius 3 is 3.33 bits per heavy atom. The lowest BCUT2D eigenvalue weighted by Crippen LogP contribution is -2.15. The van der Waals surface area contributed by atoms with Crippen molar-refractivity contribution in [3.05, 3.63) is 28.9 Å². The lowest BCUT2D eigenvalue weighted by atomic mass is 10.2. The van der Waals surface area contributed by atoms with Gasteiger partial charge in [-0.2, -0.15) is 0 Å². The highest BCUT2D eigenvalue weighted by molar-refractivity contribution is 5.73. The van der Waals surface area contributed by atoms with Gasteiger partial charge in [0.05, 0.1) is 24.6 Å². The molecule has 0 radical (unpaired) electrons. The molecule has 0 spiro atoms. The van der Waals surface area contributed by atoms with Gasteiger partial charge in [0.25, 0.3) is 5.56 Å². The van der Waals surface area contributed by atoms with Gasteiger partial charge in [-0.25, -0.2) is 4.98 Å². The first kappa shape index (κ1) is 11.4. The van der Waals surface area contributed by atoms with E-state index in [2.05, 4.69) is 9.97 Å². The number of methoxy groups -OCH3 is 1. The maximum Gasteiger partial charge on any atom is 0.276 e. The molecular formula is C12H15N3O3. The Morgan fingerprint density at radius 1 is 1.61 bits per heavy atom. The molecule has 18 heavy (non-hydrogen) atoms. The minimum absolute atomic E-state index is 0.0584. The summed E-state index contributed by atoms with van der Waals surface area (Å²) < 4.78 is 12.9. The van der Waals surface area contributed by atoms with E-state index in [-0.39, 0.29) is 17.9 Å². The van der Waals surface area contributed by atoms with Gasteiger partial charge in [-0.05, 0) is 18.9 Å². The third kappa shape index (κ3) is 1.83. The monoisotopic (exact) mass is 249 g/mol. The Bertz CT molecular complexity index is 604. The molecule has 6 heteroatoms. The molecule has 3 heterocycles. The number of aromatic amines is 1. The molecule has 1 saturated heterocycles. The molecule has 0 unspecified atom stereocenters. The van der Waals surface area contributed by atoms with E-state index in [1.54, 1.807) is 19.6 Å². The van der Waals surface area contributed by atoms with Gasteiger partial charge in [0.2, 0.25) is 0 Å². The van der Waals surface area contributed by atoms with E-state index in [1.807, 2.05) is 10.6 Å². The minimum atomic E-state index is -0.169. The van der Waals surface area contributed by atoms with Crippen molar-refractivity contribution in [1.82, 2.24) is 14.5 Å². The molecule has 0 aromatic carbocycles. The second kappa shape index (κ2) is 4.55. The third-order valence-electron chi connectivity index (χ3n) is 3.25. The molecule has 1 aliphatic heterocycles. The molecular weight excluding hydrogens is 234 g/mol. The minimum Gasteiger partial charge on any atom is -0.382 e. The van der Waals surface area contributed by atoms with Crippen molar-refractivity contribution < 1.29 is 9.47 Å². The smallest absolute Gasteiger partial charge is 0.276 e. The largest absolute Gasteiger partial charge is 0.382 e. The summed E-state index contributed by atoms with van der Waals surface area (Å²) in [5.74, 6) is 0. The summed E-state index contributed by atoms with van der Waals surface area (Å²) in [5.41, 5.74) is 1.09. The van der Waals surface area contributed by atoms with Gasteiger partial charge in [0.1, 0.15) is 6.23 Å². The Hall–Kier alpha value is -1.66. The van der Waals surface area contributed by atoms with Gasteiger partial charge in [-0.1, -0.05) is 0 Å². The second-order valence-electron chi connectivity index (χ2n) is 4.44. The first-order valence-electron chi connectivity index (χ1n) is 5.98. The van der Waals surface area contributed by atoms with Gasteiger partial charge in [0.15, 0.2) is 5.52 Å². The zero-order valence-electron chi connectivity index (χ0n) is 10.1. The standard InChI is InChI=1S/C12H15N3O3/c1-17-6-8-2-3-10(18-8)15-7-14-11-9(15)4-5-13-12(11)16/h4-5,7-8,10H,2-3,6H2,1H3,(H,13,16)/t8-,10+/m0/s1. The molecule has 1 fully saturated rings. The highest BCUT2D eigenvalue weighted by Gasteiger charge is 2.27. The average molecular weight is 249 g/mol. The molecule has 6 nitrogen and oxygen atoms in total. The highest BCUT2D eigenvalue weighted by atomic mass is 16.5. The number of pyridine rings is 1. The van der Waals surface area contributed by atoms with Crippen LogP contribution in [-0.4, -0.2) is 34.4 Å². The number of fused-ring (bicyclic) bond motifs is 1. The number of hydrogen-bond acceptors (Lipinski definition) is 4. The van der Waals surface area contributed by atoms with Crippen LogP contribution in [-0.2, 0) is 9.47 Å². The van der Waals surface area contributed by atoms with Gasteiger partial charge in [-0.15, -0.1) is 0 Å². The van der Waals surface area contributed by atoms with Crippen LogP contribution in [0, 0.1) is 0 Å². The summed E-state index contributed by atoms with van der Waals surface area (Å²) >= 11 is 0. The molecule has 0 amide bonds. The number of H-pyrrole nitrogens is 1. The fraction of sp³-hybridized carbons (Fsp3) is 0.500. The number of aromatic nitrogens is 3. The maximum absolute atomic E-state index is 11.6. The van der Waals surface area contributed by atoms with Crippen LogP contribution >= 0.6 is 0 Å². The van der Waals surface area contributed by atoms with Crippen molar-refractivity contribution in [1.29, 1.82) is 0 Å². The Balaban J connectivity index is 1.92. The van der Waals surface area contributed by atoms with Gasteiger partial charge in [0, 0.05) is 13.3 Å². The lowest BCUT2D eigenvalue weighted by Gasteiger charge is -2.14. The molecule has 2 atom stereocenters. The third-order valence-corrected chi connectivity index (χ3v) is 3.25. The number of imidazole rings is 1. The van der Waals surface area contributed by atoms with E-state index in [1.165, 1.54) is 0 Å². The van der Waals surface area contributed by atoms with Crippen LogP contribution in [0.5, 0.6) is 0 Å². The van der Waals surface area contributed by atoms with Gasteiger partial charge in [-0.3, -0.25) is 4.79 Å². The van der Waals surface area contributed by atoms with Crippen molar-refractivity contribution in [3.8, 4) is 0 Å². The highest BCUT2D eigenvalue weighted by Crippen LogP contribution is 2.30. The molecule has 0 aliphatic carbocycles. The van der Waals surface area contributed by atoms with E-state index < -0.39 is 0 Å². The van der Waals surface area contributed by atoms with E-state index in [9.17, 15) is 4.79 Å². The van der Waals surface area contributed by atoms with Crippen LogP contribution in [0.25, 0.3) is 11.0 Å². The fourth-order valence-electron chi connectivity index (χ4n) is 2.40. The molecule has 1 N–H and O–H groups in total. The Labute approximate surface area is 104 Å². The van der Waals surface area contributed by atoms with Crippen molar-refractivity contribution in [2.75, 3.05) is 13.7 Å². The first-order valence-corrected chi connectivity index (χ1v) is 5.98. The summed E-state index contributed by atoms with van der Waals surface area (Å²) in [6.07, 6.45) is 5.23. The number of nitrogens with zero attached hydrogens (tertiary/aromatic N) is 2. The number of ether oxygens (including phenoxy) is 2. The number of rotatable bonds is 3. The number of nitrogens with one attached hydrogen (secondary N) is 1. The van der Waals surface area contributed by atoms with Crippen molar-refractivity contribution in [2.45, 2.75) is 25.2 Å². The molecule has 0 bridgehead atoms. The van der Waals surface area contributed by atoms with E-state index >= 15 is 0 Å². The first-order chi connectivity index (χ1) is 8.79. The van der Waals surface area contributed by atoms with Crippen LogP contribution in [0.1, 0.15) is 19.1 Å². The summed E-state index contributed by atoms with van der Waals surface area (Å²) in [6.45, 7) is 0.601. The molecule has 3 rings (SSSR count). The van der Waals surface area contributed by atoms with Crippen LogP contribution in [0.15, 0.2) is 23.4 Å². The van der Waals surface area contributed by atoms with E-state index in [0.717, 1.165) is 18.4 Å². The summed E-state index contributed by atoms with van der Waals surface area (Å²) in [5, 5.41) is 0. The fourth-order valence-corrected chi connectivity index (χ4v) is 2.40. The van der Waals surface area contributed by atoms with Crippen LogP contribution in [0.3, 0.4) is 0 Å². The molecule has 96 valence electrons. The summed E-state index contributed by atoms with van der Waals surface area (Å²) in [4.78, 5) is 18.3. The Morgan fingerprint density at radius 2 is 2.50 bits per heavy atom. The second-order valence-corrected chi connectivity index (χ2v) is 4.44. The zero-order valence-corrected chi connectivity index (χ0v) is 10.1. The molecule has 1 aliphatic rings. The van der Waals surface area contributed by atoms with E-state index in [4.69, 9.17) is 9.47 Å². The average Bonchev–Trinajstić information content (AvgIpc) is 2.96. The predicted octanol–water partition coefficient (Wildman–Crippen LogP) is 1.05. The van der Waals surface area contributed by atoms with Crippen LogP contribution in [0.4, 0.5) is 0 Å². The van der Waals surface area contributed by atoms with Crippen molar-refractivity contribution in [2.24, 2.45) is 0 Å². The van der Waals surface area contributed by atoms with E-state index in [0.29, 0.717) is 12.1 Å². The van der Waals surface area contributed by atoms with Crippen LogP contribution in [0.2, 0.25) is 0 Å². The number of hydrogen-bond donors (Lipinski definition) is 1. The predicted molar refractivity (Wildman–Crippen MR) is 65.4 cm³/mol. The van der Waals surface area contributed by atoms with Gasteiger partial charge >= 0.3 is 0 Å². The quantitative estimate of drug-likeness (QED) is 0.882. The maximum atomic E-state index is 11.6. The molecule has 2 aromatic rings. The molecule has 0 saturated carbocycles. The normalized spacial score (nSPS) is 23.8. The molecule has 2 aromatic heterocycles. The van der Waals surface area contributed by atoms with Crippen molar-refractivity contribution in [3.63, 3.8) is 0 Å². The Kier molecular flexibility index (Phi) is 2.89.